The minimum absolute atomic E-state index is 0.0712. The van der Waals surface area contributed by atoms with Crippen LogP contribution < -0.4 is 5.32 Å². The summed E-state index contributed by atoms with van der Waals surface area (Å²) in [6.07, 6.45) is -4.55. The van der Waals surface area contributed by atoms with Crippen LogP contribution in [0.4, 0.5) is 18.9 Å². The third-order valence-electron chi connectivity index (χ3n) is 4.62. The molecule has 0 radical (unpaired) electrons. The van der Waals surface area contributed by atoms with Crippen molar-refractivity contribution >= 4 is 28.9 Å². The van der Waals surface area contributed by atoms with E-state index < -0.39 is 30.2 Å². The lowest BCUT2D eigenvalue weighted by atomic mass is 10.2. The van der Waals surface area contributed by atoms with Crippen molar-refractivity contribution in [1.82, 2.24) is 14.8 Å². The summed E-state index contributed by atoms with van der Waals surface area (Å²) in [5.74, 6) is -1.76. The van der Waals surface area contributed by atoms with E-state index in [0.29, 0.717) is 10.6 Å². The van der Waals surface area contributed by atoms with Crippen molar-refractivity contribution in [3.8, 4) is 16.4 Å². The Morgan fingerprint density at radius 3 is 2.53 bits per heavy atom. The van der Waals surface area contributed by atoms with Gasteiger partial charge in [-0.3, -0.25) is 4.79 Å². The zero-order chi connectivity index (χ0) is 24.3. The fourth-order valence-electron chi connectivity index (χ4n) is 2.99. The second-order valence-electron chi connectivity index (χ2n) is 7.19. The Balaban J connectivity index is 1.55. The van der Waals surface area contributed by atoms with Crippen LogP contribution in [0.2, 0.25) is 0 Å². The number of alkyl halides is 3. The van der Waals surface area contributed by atoms with Crippen molar-refractivity contribution in [3.05, 3.63) is 83.0 Å². The normalized spacial score (nSPS) is 11.3. The summed E-state index contributed by atoms with van der Waals surface area (Å²) < 4.78 is 45.7. The van der Waals surface area contributed by atoms with Crippen molar-refractivity contribution in [3.63, 3.8) is 0 Å². The van der Waals surface area contributed by atoms with E-state index in [1.165, 1.54) is 23.5 Å². The minimum Gasteiger partial charge on any atom is -0.450 e. The second kappa shape index (κ2) is 9.48. The van der Waals surface area contributed by atoms with E-state index in [1.54, 1.807) is 29.6 Å². The first kappa shape index (κ1) is 23.2. The Labute approximate surface area is 195 Å². The number of hydrogen-bond donors (Lipinski definition) is 1. The smallest absolute Gasteiger partial charge is 0.416 e. The molecular weight excluding hydrogens is 469 g/mol. The van der Waals surface area contributed by atoms with E-state index in [1.807, 2.05) is 19.1 Å². The molecule has 0 aliphatic carbocycles. The third kappa shape index (κ3) is 5.31. The molecule has 0 atom stereocenters. The van der Waals surface area contributed by atoms with Gasteiger partial charge in [-0.05, 0) is 48.7 Å². The number of aromatic nitrogens is 3. The largest absolute Gasteiger partial charge is 0.450 e. The van der Waals surface area contributed by atoms with E-state index in [9.17, 15) is 22.8 Å². The number of ether oxygens (including phenoxy) is 1. The van der Waals surface area contributed by atoms with Crippen molar-refractivity contribution in [2.24, 2.45) is 0 Å². The Morgan fingerprint density at radius 1 is 1.09 bits per heavy atom. The maximum absolute atomic E-state index is 13.2. The molecule has 0 aliphatic rings. The highest BCUT2D eigenvalue weighted by molar-refractivity contribution is 7.13. The van der Waals surface area contributed by atoms with Crippen LogP contribution in [0, 0.1) is 6.92 Å². The van der Waals surface area contributed by atoms with Gasteiger partial charge in [0, 0.05) is 5.69 Å². The quantitative estimate of drug-likeness (QED) is 0.383. The highest BCUT2D eigenvalue weighted by atomic mass is 32.1. The lowest BCUT2D eigenvalue weighted by Gasteiger charge is -2.09. The van der Waals surface area contributed by atoms with Crippen molar-refractivity contribution in [2.45, 2.75) is 13.1 Å². The molecule has 2 aromatic heterocycles. The lowest BCUT2D eigenvalue weighted by molar-refractivity contribution is -0.137. The van der Waals surface area contributed by atoms with Gasteiger partial charge in [0.15, 0.2) is 12.4 Å². The molecule has 0 spiro atoms. The van der Waals surface area contributed by atoms with E-state index in [4.69, 9.17) is 4.74 Å². The molecule has 34 heavy (non-hydrogen) atoms. The molecule has 7 nitrogen and oxygen atoms in total. The lowest BCUT2D eigenvalue weighted by Crippen LogP contribution is -2.21. The summed E-state index contributed by atoms with van der Waals surface area (Å²) in [6, 6.07) is 15.0. The number of aryl methyl sites for hydroxylation is 1. The van der Waals surface area contributed by atoms with Gasteiger partial charge in [0.05, 0.1) is 16.1 Å². The average molecular weight is 486 g/mol. The molecule has 1 N–H and O–H groups in total. The van der Waals surface area contributed by atoms with Crippen molar-refractivity contribution in [1.29, 1.82) is 0 Å². The summed E-state index contributed by atoms with van der Waals surface area (Å²) in [4.78, 5) is 29.4. The SMILES string of the molecule is Cc1ccc(NC(=O)COC(=O)c2nc(-c3cccs3)n(-c3cccc(C(F)(F)F)c3)n2)cc1. The van der Waals surface area contributed by atoms with E-state index in [-0.39, 0.29) is 17.3 Å². The number of carbonyl (C=O) groups is 2. The van der Waals surface area contributed by atoms with Gasteiger partial charge in [0.1, 0.15) is 0 Å². The number of nitrogens with zero attached hydrogens (tertiary/aromatic N) is 3. The molecule has 0 aliphatic heterocycles. The first-order chi connectivity index (χ1) is 16.2. The Bertz CT molecular complexity index is 1320. The summed E-state index contributed by atoms with van der Waals surface area (Å²) >= 11 is 1.28. The molecule has 4 aromatic rings. The average Bonchev–Trinajstić information content (AvgIpc) is 3.49. The van der Waals surface area contributed by atoms with Gasteiger partial charge < -0.3 is 10.1 Å². The molecule has 0 unspecified atom stereocenters. The molecule has 174 valence electrons. The van der Waals surface area contributed by atoms with E-state index in [0.717, 1.165) is 22.4 Å². The zero-order valence-corrected chi connectivity index (χ0v) is 18.5. The molecule has 0 bridgehead atoms. The predicted octanol–water partition coefficient (Wildman–Crippen LogP) is 5.12. The Morgan fingerprint density at radius 2 is 1.85 bits per heavy atom. The third-order valence-corrected chi connectivity index (χ3v) is 5.48. The summed E-state index contributed by atoms with van der Waals surface area (Å²) in [5, 5.41) is 8.42. The number of carbonyl (C=O) groups excluding carboxylic acids is 2. The summed E-state index contributed by atoms with van der Waals surface area (Å²) in [5.41, 5.74) is 0.767. The van der Waals surface area contributed by atoms with Gasteiger partial charge in [-0.15, -0.1) is 16.4 Å². The van der Waals surface area contributed by atoms with Crippen LogP contribution in [0.3, 0.4) is 0 Å². The van der Waals surface area contributed by atoms with Gasteiger partial charge in [0.25, 0.3) is 11.7 Å². The van der Waals surface area contributed by atoms with Crippen LogP contribution in [0.15, 0.2) is 66.0 Å². The number of amides is 1. The molecule has 2 aromatic carbocycles. The number of thiophene rings is 1. The number of halogens is 3. The monoisotopic (exact) mass is 486 g/mol. The number of benzene rings is 2. The first-order valence-corrected chi connectivity index (χ1v) is 10.8. The maximum atomic E-state index is 13.2. The van der Waals surface area contributed by atoms with Gasteiger partial charge >= 0.3 is 12.1 Å². The fraction of sp³-hybridized carbons (Fsp3) is 0.130. The molecular formula is C23H17F3N4O3S. The van der Waals surface area contributed by atoms with E-state index >= 15 is 0 Å². The van der Waals surface area contributed by atoms with Crippen LogP contribution in [0.25, 0.3) is 16.4 Å². The van der Waals surface area contributed by atoms with Gasteiger partial charge in [-0.2, -0.15) is 18.2 Å². The predicted molar refractivity (Wildman–Crippen MR) is 120 cm³/mol. The van der Waals surface area contributed by atoms with Crippen LogP contribution in [0.5, 0.6) is 0 Å². The van der Waals surface area contributed by atoms with Crippen molar-refractivity contribution in [2.75, 3.05) is 11.9 Å². The van der Waals surface area contributed by atoms with Gasteiger partial charge in [0.2, 0.25) is 0 Å². The molecule has 4 rings (SSSR count). The number of rotatable bonds is 6. The zero-order valence-electron chi connectivity index (χ0n) is 17.7. The van der Waals surface area contributed by atoms with Gasteiger partial charge in [-0.1, -0.05) is 29.8 Å². The van der Waals surface area contributed by atoms with Crippen LogP contribution >= 0.6 is 11.3 Å². The number of esters is 1. The molecule has 1 amide bonds. The summed E-state index contributed by atoms with van der Waals surface area (Å²) in [6.45, 7) is 1.32. The van der Waals surface area contributed by atoms with E-state index in [2.05, 4.69) is 15.4 Å². The number of anilines is 1. The summed E-state index contributed by atoms with van der Waals surface area (Å²) in [7, 11) is 0. The maximum Gasteiger partial charge on any atom is 0.416 e. The highest BCUT2D eigenvalue weighted by Crippen LogP contribution is 2.32. The number of hydrogen-bond acceptors (Lipinski definition) is 6. The molecule has 2 heterocycles. The van der Waals surface area contributed by atoms with Crippen molar-refractivity contribution < 1.29 is 27.5 Å². The molecule has 0 saturated carbocycles. The second-order valence-corrected chi connectivity index (χ2v) is 8.13. The highest BCUT2D eigenvalue weighted by Gasteiger charge is 2.31. The molecule has 0 saturated heterocycles. The van der Waals surface area contributed by atoms with Crippen LogP contribution in [-0.2, 0) is 15.7 Å². The molecule has 0 fully saturated rings. The van der Waals surface area contributed by atoms with Gasteiger partial charge in [-0.25, -0.2) is 9.48 Å². The molecule has 11 heteroatoms. The fourth-order valence-corrected chi connectivity index (χ4v) is 3.69. The first-order valence-electron chi connectivity index (χ1n) is 9.93. The minimum atomic E-state index is -4.55. The topological polar surface area (TPSA) is 86.1 Å². The standard InChI is InChI=1S/C23H17F3N4O3S/c1-14-7-9-16(10-8-14)27-19(31)13-33-22(32)20-28-21(18-6-3-11-34-18)30(29-20)17-5-2-4-15(12-17)23(24,25)26/h2-12H,13H2,1H3,(H,27,31). The van der Waals surface area contributed by atoms with Crippen LogP contribution in [0.1, 0.15) is 21.7 Å². The Kier molecular flexibility index (Phi) is 6.46. The van der Waals surface area contributed by atoms with Crippen LogP contribution in [-0.4, -0.2) is 33.2 Å². The number of nitrogens with one attached hydrogen (secondary N) is 1. The Hall–Kier alpha value is -3.99.